The summed E-state index contributed by atoms with van der Waals surface area (Å²) in [6, 6.07) is 3.06. The maximum Gasteiger partial charge on any atom is 0.241 e. The van der Waals surface area contributed by atoms with Gasteiger partial charge in [0.1, 0.15) is 12.4 Å². The largest absolute Gasteiger partial charge is 0.489 e. The van der Waals surface area contributed by atoms with E-state index >= 15 is 0 Å². The maximum atomic E-state index is 12.5. The van der Waals surface area contributed by atoms with Gasteiger partial charge in [-0.25, -0.2) is 13.1 Å². The van der Waals surface area contributed by atoms with Crippen LogP contribution in [0.1, 0.15) is 32.8 Å². The van der Waals surface area contributed by atoms with Crippen LogP contribution < -0.4 is 14.4 Å². The number of nitrogens with zero attached hydrogens (tertiary/aromatic N) is 1. The predicted octanol–water partition coefficient (Wildman–Crippen LogP) is 1.82. The third-order valence-corrected chi connectivity index (χ3v) is 5.49. The van der Waals surface area contributed by atoms with Crippen molar-refractivity contribution in [1.82, 2.24) is 4.72 Å². The van der Waals surface area contributed by atoms with Gasteiger partial charge in [-0.1, -0.05) is 6.92 Å². The van der Waals surface area contributed by atoms with E-state index in [1.165, 1.54) is 13.0 Å². The van der Waals surface area contributed by atoms with Gasteiger partial charge in [-0.05, 0) is 31.9 Å². The molecule has 1 aromatic carbocycles. The summed E-state index contributed by atoms with van der Waals surface area (Å²) in [4.78, 5) is 13.5. The fourth-order valence-electron chi connectivity index (χ4n) is 2.38. The summed E-state index contributed by atoms with van der Waals surface area (Å²) >= 11 is 0. The minimum Gasteiger partial charge on any atom is -0.489 e. The van der Waals surface area contributed by atoms with Crippen molar-refractivity contribution in [2.24, 2.45) is 0 Å². The van der Waals surface area contributed by atoms with Crippen LogP contribution in [0.3, 0.4) is 0 Å². The molecule has 0 bridgehead atoms. The smallest absolute Gasteiger partial charge is 0.241 e. The van der Waals surface area contributed by atoms with Crippen molar-refractivity contribution in [3.63, 3.8) is 0 Å². The van der Waals surface area contributed by atoms with Crippen LogP contribution in [0.2, 0.25) is 0 Å². The summed E-state index contributed by atoms with van der Waals surface area (Å²) in [6.45, 7) is 7.77. The van der Waals surface area contributed by atoms with Gasteiger partial charge in [-0.2, -0.15) is 0 Å². The molecular formula is C15H22N2O4S. The quantitative estimate of drug-likeness (QED) is 0.916. The number of aryl methyl sites for hydroxylation is 1. The van der Waals surface area contributed by atoms with Gasteiger partial charge in [-0.3, -0.25) is 4.79 Å². The lowest BCUT2D eigenvalue weighted by Gasteiger charge is -2.29. The third-order valence-electron chi connectivity index (χ3n) is 3.76. The van der Waals surface area contributed by atoms with Gasteiger partial charge >= 0.3 is 0 Å². The Labute approximate surface area is 131 Å². The van der Waals surface area contributed by atoms with Crippen molar-refractivity contribution in [3.8, 4) is 5.75 Å². The molecule has 0 unspecified atom stereocenters. The molecule has 1 aliphatic heterocycles. The van der Waals surface area contributed by atoms with Crippen LogP contribution in [0.15, 0.2) is 17.0 Å². The first kappa shape index (κ1) is 16.8. The fourth-order valence-corrected chi connectivity index (χ4v) is 3.94. The highest BCUT2D eigenvalue weighted by Gasteiger charge is 2.26. The highest BCUT2D eigenvalue weighted by atomic mass is 32.2. The van der Waals surface area contributed by atoms with Crippen molar-refractivity contribution >= 4 is 21.6 Å². The van der Waals surface area contributed by atoms with Gasteiger partial charge in [0.15, 0.2) is 0 Å². The molecule has 0 fully saturated rings. The van der Waals surface area contributed by atoms with Crippen LogP contribution in [-0.4, -0.2) is 33.5 Å². The summed E-state index contributed by atoms with van der Waals surface area (Å²) in [7, 11) is -3.61. The van der Waals surface area contributed by atoms with Crippen molar-refractivity contribution in [1.29, 1.82) is 0 Å². The van der Waals surface area contributed by atoms with Crippen molar-refractivity contribution in [2.75, 3.05) is 18.1 Å². The number of fused-ring (bicyclic) bond motifs is 1. The maximum absolute atomic E-state index is 12.5. The number of rotatable bonds is 4. The molecule has 0 radical (unpaired) electrons. The first-order valence-electron chi connectivity index (χ1n) is 7.34. The summed E-state index contributed by atoms with van der Waals surface area (Å²) in [5, 5.41) is 0. The van der Waals surface area contributed by atoms with E-state index in [-0.39, 0.29) is 16.8 Å². The molecule has 1 atom stereocenters. The number of amides is 1. The number of hydrogen-bond acceptors (Lipinski definition) is 4. The lowest BCUT2D eigenvalue weighted by atomic mass is 10.1. The number of hydrogen-bond donors (Lipinski definition) is 1. The van der Waals surface area contributed by atoms with E-state index in [4.69, 9.17) is 4.74 Å². The van der Waals surface area contributed by atoms with Crippen LogP contribution in [0.4, 0.5) is 5.69 Å². The molecule has 0 saturated carbocycles. The number of benzene rings is 1. The topological polar surface area (TPSA) is 75.7 Å². The molecule has 0 saturated heterocycles. The first-order valence-corrected chi connectivity index (χ1v) is 8.82. The lowest BCUT2D eigenvalue weighted by Crippen LogP contribution is -2.37. The fraction of sp³-hybridized carbons (Fsp3) is 0.533. The van der Waals surface area contributed by atoms with Gasteiger partial charge in [-0.15, -0.1) is 0 Å². The summed E-state index contributed by atoms with van der Waals surface area (Å²) in [5.74, 6) is 0.342. The molecular weight excluding hydrogens is 304 g/mol. The molecule has 6 nitrogen and oxygen atoms in total. The van der Waals surface area contributed by atoms with E-state index in [2.05, 4.69) is 4.72 Å². The lowest BCUT2D eigenvalue weighted by molar-refractivity contribution is -0.116. The monoisotopic (exact) mass is 326 g/mol. The molecule has 0 aliphatic carbocycles. The molecule has 1 N–H and O–H groups in total. The van der Waals surface area contributed by atoms with Gasteiger partial charge in [0.2, 0.25) is 15.9 Å². The number of sulfonamides is 1. The normalized spacial score (nSPS) is 15.9. The molecule has 22 heavy (non-hydrogen) atoms. The average molecular weight is 326 g/mol. The van der Waals surface area contributed by atoms with Crippen LogP contribution >= 0.6 is 0 Å². The Kier molecular flexibility index (Phi) is 4.77. The van der Waals surface area contributed by atoms with Crippen molar-refractivity contribution < 1.29 is 17.9 Å². The summed E-state index contributed by atoms with van der Waals surface area (Å²) in [6.07, 6.45) is 0.706. The molecule has 2 rings (SSSR count). The Balaban J connectivity index is 2.47. The number of ether oxygens (including phenoxy) is 1. The van der Waals surface area contributed by atoms with Gasteiger partial charge in [0.25, 0.3) is 0 Å². The number of anilines is 1. The first-order chi connectivity index (χ1) is 10.3. The third kappa shape index (κ3) is 3.25. The number of carbonyl (C=O) groups is 1. The van der Waals surface area contributed by atoms with Crippen molar-refractivity contribution in [2.45, 2.75) is 45.1 Å². The minimum atomic E-state index is -3.61. The van der Waals surface area contributed by atoms with Gasteiger partial charge < -0.3 is 9.64 Å². The Morgan fingerprint density at radius 3 is 2.73 bits per heavy atom. The van der Waals surface area contributed by atoms with Crippen LogP contribution in [-0.2, 0) is 14.8 Å². The SMILES string of the molecule is CC[C@H](C)NS(=O)(=O)c1cc2c(cc1C)N(C(C)=O)CCO2. The predicted molar refractivity (Wildman–Crippen MR) is 84.8 cm³/mol. The molecule has 0 aromatic heterocycles. The minimum absolute atomic E-state index is 0.0858. The van der Waals surface area contributed by atoms with E-state index in [1.54, 1.807) is 17.9 Å². The zero-order chi connectivity index (χ0) is 16.5. The summed E-state index contributed by atoms with van der Waals surface area (Å²) < 4.78 is 33.1. The Morgan fingerprint density at radius 2 is 2.14 bits per heavy atom. The molecule has 1 heterocycles. The molecule has 1 aliphatic rings. The molecule has 0 spiro atoms. The molecule has 122 valence electrons. The highest BCUT2D eigenvalue weighted by molar-refractivity contribution is 7.89. The van der Waals surface area contributed by atoms with Gasteiger partial charge in [0, 0.05) is 19.0 Å². The van der Waals surface area contributed by atoms with Gasteiger partial charge in [0.05, 0.1) is 17.1 Å². The van der Waals surface area contributed by atoms with E-state index < -0.39 is 10.0 Å². The second-order valence-corrected chi connectivity index (χ2v) is 7.22. The zero-order valence-electron chi connectivity index (χ0n) is 13.3. The summed E-state index contributed by atoms with van der Waals surface area (Å²) in [5.41, 5.74) is 1.21. The average Bonchev–Trinajstić information content (AvgIpc) is 2.44. The van der Waals surface area contributed by atoms with E-state index in [9.17, 15) is 13.2 Å². The Bertz CT molecular complexity index is 685. The van der Waals surface area contributed by atoms with Crippen molar-refractivity contribution in [3.05, 3.63) is 17.7 Å². The second-order valence-electron chi connectivity index (χ2n) is 5.54. The van der Waals surface area contributed by atoms with Crippen LogP contribution in [0.25, 0.3) is 0 Å². The Hall–Kier alpha value is -1.60. The molecule has 1 amide bonds. The standard InChI is InChI=1S/C15H22N2O4S/c1-5-11(3)16-22(19,20)15-9-14-13(8-10(15)2)17(12(4)18)6-7-21-14/h8-9,11,16H,5-7H2,1-4H3/t11-/m0/s1. The van der Waals surface area contributed by atoms with Crippen LogP contribution in [0.5, 0.6) is 5.75 Å². The van der Waals surface area contributed by atoms with Crippen LogP contribution in [0, 0.1) is 6.92 Å². The second kappa shape index (κ2) is 6.26. The number of nitrogens with one attached hydrogen (secondary N) is 1. The highest BCUT2D eigenvalue weighted by Crippen LogP contribution is 2.36. The Morgan fingerprint density at radius 1 is 1.45 bits per heavy atom. The van der Waals surface area contributed by atoms with E-state index in [1.807, 2.05) is 13.8 Å². The number of carbonyl (C=O) groups excluding carboxylic acids is 1. The molecule has 7 heteroatoms. The van der Waals surface area contributed by atoms with E-state index in [0.717, 1.165) is 0 Å². The zero-order valence-corrected chi connectivity index (χ0v) is 14.2. The van der Waals surface area contributed by atoms with E-state index in [0.29, 0.717) is 36.6 Å². The molecule has 1 aromatic rings.